The zero-order valence-corrected chi connectivity index (χ0v) is 10.4. The Bertz CT molecular complexity index is 522. The minimum atomic E-state index is -4.38. The van der Waals surface area contributed by atoms with Gasteiger partial charge in [-0.1, -0.05) is 18.7 Å². The zero-order chi connectivity index (χ0) is 13.9. The first-order valence-corrected chi connectivity index (χ1v) is 6.67. The van der Waals surface area contributed by atoms with Crippen LogP contribution in [-0.2, 0) is 9.36 Å². The van der Waals surface area contributed by atoms with Crippen molar-refractivity contribution < 1.29 is 24.3 Å². The van der Waals surface area contributed by atoms with E-state index in [4.69, 9.17) is 20.6 Å². The highest BCUT2D eigenvalue weighted by Gasteiger charge is 2.21. The van der Waals surface area contributed by atoms with Gasteiger partial charge in [0.15, 0.2) is 0 Å². The van der Waals surface area contributed by atoms with Crippen molar-refractivity contribution in [3.8, 4) is 0 Å². The van der Waals surface area contributed by atoms with Crippen molar-refractivity contribution in [1.29, 1.82) is 0 Å². The first-order chi connectivity index (χ1) is 8.25. The van der Waals surface area contributed by atoms with Gasteiger partial charge < -0.3 is 20.6 Å². The maximum Gasteiger partial charge on any atom is 0.356 e. The zero-order valence-electron chi connectivity index (χ0n) is 9.48. The molecule has 0 saturated heterocycles. The van der Waals surface area contributed by atoms with E-state index in [-0.39, 0.29) is 17.3 Å². The van der Waals surface area contributed by atoms with Crippen molar-refractivity contribution in [1.82, 2.24) is 0 Å². The summed E-state index contributed by atoms with van der Waals surface area (Å²) in [4.78, 5) is 28.8. The fourth-order valence-corrected chi connectivity index (χ4v) is 2.30. The predicted molar refractivity (Wildman–Crippen MR) is 67.4 cm³/mol. The van der Waals surface area contributed by atoms with Crippen LogP contribution in [0.3, 0.4) is 0 Å². The second-order valence-corrected chi connectivity index (χ2v) is 5.34. The lowest BCUT2D eigenvalue weighted by atomic mass is 10.0. The van der Waals surface area contributed by atoms with Crippen molar-refractivity contribution in [3.63, 3.8) is 0 Å². The molecule has 0 radical (unpaired) electrons. The molecule has 0 fully saturated rings. The van der Waals surface area contributed by atoms with Gasteiger partial charge >= 0.3 is 13.6 Å². The van der Waals surface area contributed by atoms with E-state index < -0.39 is 19.6 Å². The molecule has 1 aromatic rings. The molecule has 6 nitrogen and oxygen atoms in total. The van der Waals surface area contributed by atoms with Crippen LogP contribution in [0.2, 0.25) is 0 Å². The number of benzene rings is 1. The van der Waals surface area contributed by atoms with Crippen LogP contribution in [0.15, 0.2) is 24.8 Å². The summed E-state index contributed by atoms with van der Waals surface area (Å²) >= 11 is 0. The molecule has 0 aliphatic rings. The quantitative estimate of drug-likeness (QED) is 0.582. The lowest BCUT2D eigenvalue weighted by Gasteiger charge is -2.13. The number of carboxylic acids is 1. The summed E-state index contributed by atoms with van der Waals surface area (Å²) in [5.41, 5.74) is 6.41. The van der Waals surface area contributed by atoms with Gasteiger partial charge in [0.25, 0.3) is 0 Å². The molecule has 1 atom stereocenters. The molecule has 1 rings (SSSR count). The van der Waals surface area contributed by atoms with E-state index in [0.29, 0.717) is 5.56 Å². The van der Waals surface area contributed by atoms with Crippen molar-refractivity contribution in [2.75, 3.05) is 0 Å². The standard InChI is InChI=1S/C11H14NO5P/c1-2-7-5-8(9(12)6-11(13)14)3-4-10(7)18(15,16)17/h2-5,9H,1,6,12H2,(H,13,14)(H2,15,16,17). The van der Waals surface area contributed by atoms with E-state index in [1.807, 2.05) is 0 Å². The highest BCUT2D eigenvalue weighted by Crippen LogP contribution is 2.35. The molecule has 5 N–H and O–H groups in total. The molecule has 0 aliphatic carbocycles. The molecule has 0 amide bonds. The van der Waals surface area contributed by atoms with Gasteiger partial charge in [-0.05, 0) is 23.3 Å². The molecular weight excluding hydrogens is 257 g/mol. The molecule has 1 unspecified atom stereocenters. The van der Waals surface area contributed by atoms with E-state index >= 15 is 0 Å². The first kappa shape index (κ1) is 14.6. The van der Waals surface area contributed by atoms with Gasteiger partial charge in [-0.2, -0.15) is 0 Å². The van der Waals surface area contributed by atoms with Gasteiger partial charge in [-0.25, -0.2) is 0 Å². The number of rotatable bonds is 5. The summed E-state index contributed by atoms with van der Waals surface area (Å²) in [6, 6.07) is 3.37. The van der Waals surface area contributed by atoms with E-state index in [0.717, 1.165) is 0 Å². The number of aliphatic carboxylic acids is 1. The summed E-state index contributed by atoms with van der Waals surface area (Å²) in [6.45, 7) is 3.47. The molecule has 0 aliphatic heterocycles. The smallest absolute Gasteiger partial charge is 0.356 e. The summed E-state index contributed by atoms with van der Waals surface area (Å²) < 4.78 is 11.2. The fourth-order valence-electron chi connectivity index (χ4n) is 1.54. The third-order valence-electron chi connectivity index (χ3n) is 2.41. The third-order valence-corrected chi connectivity index (χ3v) is 3.44. The average molecular weight is 271 g/mol. The van der Waals surface area contributed by atoms with Crippen LogP contribution in [0.1, 0.15) is 23.6 Å². The van der Waals surface area contributed by atoms with Crippen LogP contribution in [0.25, 0.3) is 6.08 Å². The topological polar surface area (TPSA) is 121 Å². The van der Waals surface area contributed by atoms with Crippen molar-refractivity contribution >= 4 is 24.9 Å². The minimum absolute atomic E-state index is 0.149. The SMILES string of the molecule is C=Cc1cc(C(N)CC(=O)O)ccc1P(=O)(O)O. The fraction of sp³-hybridized carbons (Fsp3) is 0.182. The van der Waals surface area contributed by atoms with Crippen molar-refractivity contribution in [2.45, 2.75) is 12.5 Å². The molecular formula is C11H14NO5P. The number of hydrogen-bond donors (Lipinski definition) is 4. The Kier molecular flexibility index (Phi) is 4.43. The molecule has 0 heterocycles. The average Bonchev–Trinajstić information content (AvgIpc) is 2.26. The van der Waals surface area contributed by atoms with Crippen molar-refractivity contribution in [2.24, 2.45) is 5.73 Å². The van der Waals surface area contributed by atoms with Gasteiger partial charge in [-0.15, -0.1) is 0 Å². The lowest BCUT2D eigenvalue weighted by molar-refractivity contribution is -0.137. The maximum atomic E-state index is 11.2. The van der Waals surface area contributed by atoms with Crippen LogP contribution < -0.4 is 11.0 Å². The lowest BCUT2D eigenvalue weighted by Crippen LogP contribution is -2.17. The van der Waals surface area contributed by atoms with Crippen LogP contribution in [0.4, 0.5) is 0 Å². The van der Waals surface area contributed by atoms with E-state index in [9.17, 15) is 9.36 Å². The second kappa shape index (κ2) is 5.46. The van der Waals surface area contributed by atoms with Crippen LogP contribution in [0, 0.1) is 0 Å². The molecule has 98 valence electrons. The van der Waals surface area contributed by atoms with E-state index in [1.54, 1.807) is 0 Å². The second-order valence-electron chi connectivity index (χ2n) is 3.77. The van der Waals surface area contributed by atoms with Crippen LogP contribution in [0.5, 0.6) is 0 Å². The van der Waals surface area contributed by atoms with E-state index in [2.05, 4.69) is 6.58 Å². The number of carbonyl (C=O) groups is 1. The molecule has 0 spiro atoms. The Balaban J connectivity index is 3.17. The molecule has 18 heavy (non-hydrogen) atoms. The Morgan fingerprint density at radius 1 is 1.50 bits per heavy atom. The summed E-state index contributed by atoms with van der Waals surface area (Å²) in [5.74, 6) is -1.04. The van der Waals surface area contributed by atoms with Gasteiger partial charge in [0.05, 0.1) is 11.7 Å². The van der Waals surface area contributed by atoms with Gasteiger partial charge in [0, 0.05) is 6.04 Å². The largest absolute Gasteiger partial charge is 0.481 e. The third kappa shape index (κ3) is 3.51. The number of nitrogens with two attached hydrogens (primary N) is 1. The van der Waals surface area contributed by atoms with Gasteiger partial charge in [0.1, 0.15) is 0 Å². The molecule has 0 bridgehead atoms. The Morgan fingerprint density at radius 2 is 2.11 bits per heavy atom. The Morgan fingerprint density at radius 3 is 2.56 bits per heavy atom. The summed E-state index contributed by atoms with van der Waals surface area (Å²) in [6.07, 6.45) is 1.04. The summed E-state index contributed by atoms with van der Waals surface area (Å²) in [5, 5.41) is 8.48. The highest BCUT2D eigenvalue weighted by molar-refractivity contribution is 7.60. The monoisotopic (exact) mass is 271 g/mol. The molecule has 0 saturated carbocycles. The first-order valence-electron chi connectivity index (χ1n) is 5.05. The molecule has 0 aromatic heterocycles. The van der Waals surface area contributed by atoms with Crippen LogP contribution in [-0.4, -0.2) is 20.9 Å². The maximum absolute atomic E-state index is 11.2. The normalized spacial score (nSPS) is 13.1. The van der Waals surface area contributed by atoms with Crippen LogP contribution >= 0.6 is 7.60 Å². The highest BCUT2D eigenvalue weighted by atomic mass is 31.2. The molecule has 1 aromatic carbocycles. The Hall–Kier alpha value is -1.46. The molecule has 7 heteroatoms. The number of carboxylic acid groups (broad SMARTS) is 1. The predicted octanol–water partition coefficient (Wildman–Crippen LogP) is 0.607. The van der Waals surface area contributed by atoms with Gasteiger partial charge in [0.2, 0.25) is 0 Å². The van der Waals surface area contributed by atoms with Gasteiger partial charge in [-0.3, -0.25) is 9.36 Å². The Labute approximate surface area is 104 Å². The van der Waals surface area contributed by atoms with Crippen molar-refractivity contribution in [3.05, 3.63) is 35.9 Å². The van der Waals surface area contributed by atoms with E-state index in [1.165, 1.54) is 24.3 Å². The minimum Gasteiger partial charge on any atom is -0.481 e. The summed E-state index contributed by atoms with van der Waals surface area (Å²) in [7, 11) is -4.38. The number of hydrogen-bond acceptors (Lipinski definition) is 3.